The first kappa shape index (κ1) is 9.50. The van der Waals surface area contributed by atoms with Crippen molar-refractivity contribution in [1.82, 2.24) is 9.97 Å². The van der Waals surface area contributed by atoms with Crippen LogP contribution >= 0.6 is 22.6 Å². The molecule has 0 bridgehead atoms. The normalized spacial score (nSPS) is 10.0. The van der Waals surface area contributed by atoms with Crippen LogP contribution in [0.2, 0.25) is 0 Å². The van der Waals surface area contributed by atoms with Crippen LogP contribution in [-0.4, -0.2) is 24.1 Å². The van der Waals surface area contributed by atoms with Crippen LogP contribution in [0.4, 0.5) is 5.95 Å². The molecule has 4 nitrogen and oxygen atoms in total. The van der Waals surface area contributed by atoms with Crippen LogP contribution in [0.5, 0.6) is 0 Å². The number of nitrogens with one attached hydrogen (secondary N) is 1. The Bertz CT molecular complexity index is 345. The third-order valence-corrected chi connectivity index (χ3v) is 2.71. The molecule has 0 unspecified atom stereocenters. The molecule has 0 aromatic carbocycles. The summed E-state index contributed by atoms with van der Waals surface area (Å²) in [4.78, 5) is 19.9. The van der Waals surface area contributed by atoms with E-state index in [-0.39, 0.29) is 5.56 Å². The van der Waals surface area contributed by atoms with E-state index in [2.05, 4.69) is 9.97 Å². The van der Waals surface area contributed by atoms with Crippen molar-refractivity contribution in [2.24, 2.45) is 0 Å². The SMILES string of the molecule is Cc1nc(N(C)C)[nH]c(=O)c1I. The van der Waals surface area contributed by atoms with E-state index < -0.39 is 0 Å². The zero-order valence-electron chi connectivity index (χ0n) is 7.18. The predicted octanol–water partition coefficient (Wildman–Crippen LogP) is 0.749. The van der Waals surface area contributed by atoms with Crippen molar-refractivity contribution in [3.8, 4) is 0 Å². The van der Waals surface area contributed by atoms with Crippen molar-refractivity contribution in [3.63, 3.8) is 0 Å². The Kier molecular flexibility index (Phi) is 2.71. The quantitative estimate of drug-likeness (QED) is 0.772. The molecule has 66 valence electrons. The largest absolute Gasteiger partial charge is 0.348 e. The highest BCUT2D eigenvalue weighted by molar-refractivity contribution is 14.1. The summed E-state index contributed by atoms with van der Waals surface area (Å²) in [6.45, 7) is 1.82. The Hall–Kier alpha value is -0.590. The molecule has 0 atom stereocenters. The van der Waals surface area contributed by atoms with Gasteiger partial charge in [-0.25, -0.2) is 4.98 Å². The summed E-state index contributed by atoms with van der Waals surface area (Å²) >= 11 is 1.98. The zero-order valence-corrected chi connectivity index (χ0v) is 9.34. The molecule has 0 aliphatic heterocycles. The first-order valence-electron chi connectivity index (χ1n) is 3.46. The number of anilines is 1. The second-order valence-electron chi connectivity index (χ2n) is 2.68. The van der Waals surface area contributed by atoms with Crippen molar-refractivity contribution >= 4 is 28.5 Å². The van der Waals surface area contributed by atoms with E-state index in [1.807, 2.05) is 43.6 Å². The summed E-state index contributed by atoms with van der Waals surface area (Å²) in [5.74, 6) is 0.595. The number of nitrogens with zero attached hydrogens (tertiary/aromatic N) is 2. The van der Waals surface area contributed by atoms with Gasteiger partial charge in [0.1, 0.15) is 0 Å². The topological polar surface area (TPSA) is 49.0 Å². The minimum atomic E-state index is -0.0770. The third kappa shape index (κ3) is 1.77. The van der Waals surface area contributed by atoms with Gasteiger partial charge in [-0.15, -0.1) is 0 Å². The van der Waals surface area contributed by atoms with Crippen LogP contribution < -0.4 is 10.5 Å². The van der Waals surface area contributed by atoms with Crippen LogP contribution in [0.15, 0.2) is 4.79 Å². The standard InChI is InChI=1S/C7H10IN3O/c1-4-5(8)6(12)10-7(9-4)11(2)3/h1-3H3,(H,9,10,12). The summed E-state index contributed by atoms with van der Waals surface area (Å²) in [5.41, 5.74) is 0.690. The Morgan fingerprint density at radius 2 is 2.08 bits per heavy atom. The molecule has 5 heteroatoms. The molecule has 0 aliphatic carbocycles. The highest BCUT2D eigenvalue weighted by Crippen LogP contribution is 2.06. The maximum atomic E-state index is 11.2. The van der Waals surface area contributed by atoms with Crippen molar-refractivity contribution in [2.75, 3.05) is 19.0 Å². The molecular formula is C7H10IN3O. The number of aromatic amines is 1. The number of H-pyrrole nitrogens is 1. The molecule has 1 heterocycles. The van der Waals surface area contributed by atoms with Gasteiger partial charge >= 0.3 is 0 Å². The Morgan fingerprint density at radius 3 is 2.50 bits per heavy atom. The lowest BCUT2D eigenvalue weighted by Crippen LogP contribution is -2.21. The fourth-order valence-corrected chi connectivity index (χ4v) is 1.02. The molecule has 0 radical (unpaired) electrons. The van der Waals surface area contributed by atoms with Gasteiger partial charge in [0.15, 0.2) is 0 Å². The monoisotopic (exact) mass is 279 g/mol. The van der Waals surface area contributed by atoms with Gasteiger partial charge in [0.05, 0.1) is 9.26 Å². The number of aromatic nitrogens is 2. The van der Waals surface area contributed by atoms with E-state index in [9.17, 15) is 4.79 Å². The lowest BCUT2D eigenvalue weighted by molar-refractivity contribution is 0.949. The van der Waals surface area contributed by atoms with E-state index in [1.165, 1.54) is 0 Å². The number of rotatable bonds is 1. The van der Waals surface area contributed by atoms with Crippen LogP contribution in [0.3, 0.4) is 0 Å². The molecule has 1 N–H and O–H groups in total. The second-order valence-corrected chi connectivity index (χ2v) is 3.76. The van der Waals surface area contributed by atoms with E-state index in [1.54, 1.807) is 4.90 Å². The summed E-state index contributed by atoms with van der Waals surface area (Å²) in [5, 5.41) is 0. The van der Waals surface area contributed by atoms with Crippen LogP contribution in [0, 0.1) is 10.5 Å². The molecule has 0 saturated carbocycles. The van der Waals surface area contributed by atoms with E-state index in [0.29, 0.717) is 9.52 Å². The van der Waals surface area contributed by atoms with Crippen LogP contribution in [0.1, 0.15) is 5.69 Å². The molecule has 1 aromatic rings. The smallest absolute Gasteiger partial charge is 0.265 e. The lowest BCUT2D eigenvalue weighted by Gasteiger charge is -2.10. The van der Waals surface area contributed by atoms with Gasteiger partial charge < -0.3 is 4.90 Å². The number of aryl methyl sites for hydroxylation is 1. The molecule has 0 spiro atoms. The molecule has 1 aromatic heterocycles. The van der Waals surface area contributed by atoms with Gasteiger partial charge in [0, 0.05) is 14.1 Å². The summed E-state index contributed by atoms with van der Waals surface area (Å²) in [6, 6.07) is 0. The van der Waals surface area contributed by atoms with Crippen LogP contribution in [-0.2, 0) is 0 Å². The van der Waals surface area contributed by atoms with E-state index in [0.717, 1.165) is 5.69 Å². The van der Waals surface area contributed by atoms with Gasteiger partial charge in [-0.1, -0.05) is 0 Å². The van der Waals surface area contributed by atoms with Crippen LogP contribution in [0.25, 0.3) is 0 Å². The molecule has 0 saturated heterocycles. The Morgan fingerprint density at radius 1 is 1.50 bits per heavy atom. The molecule has 0 amide bonds. The maximum Gasteiger partial charge on any atom is 0.265 e. The molecule has 0 fully saturated rings. The highest BCUT2D eigenvalue weighted by Gasteiger charge is 2.04. The molecule has 1 rings (SSSR count). The van der Waals surface area contributed by atoms with Gasteiger partial charge in [0.2, 0.25) is 5.95 Å². The molecule has 12 heavy (non-hydrogen) atoms. The van der Waals surface area contributed by atoms with Gasteiger partial charge in [-0.3, -0.25) is 9.78 Å². The third-order valence-electron chi connectivity index (χ3n) is 1.44. The molecule has 0 aliphatic rings. The fourth-order valence-electron chi connectivity index (χ4n) is 0.768. The average molecular weight is 279 g/mol. The summed E-state index contributed by atoms with van der Waals surface area (Å²) < 4.78 is 0.651. The minimum Gasteiger partial charge on any atom is -0.348 e. The van der Waals surface area contributed by atoms with Crippen molar-refractivity contribution in [1.29, 1.82) is 0 Å². The van der Waals surface area contributed by atoms with E-state index in [4.69, 9.17) is 0 Å². The first-order valence-corrected chi connectivity index (χ1v) is 4.54. The predicted molar refractivity (Wildman–Crippen MR) is 56.6 cm³/mol. The number of halogens is 1. The number of hydrogen-bond donors (Lipinski definition) is 1. The number of hydrogen-bond acceptors (Lipinski definition) is 3. The summed E-state index contributed by atoms with van der Waals surface area (Å²) in [7, 11) is 3.68. The maximum absolute atomic E-state index is 11.2. The van der Waals surface area contributed by atoms with Gasteiger partial charge in [0.25, 0.3) is 5.56 Å². The second kappa shape index (κ2) is 3.42. The van der Waals surface area contributed by atoms with Crippen molar-refractivity contribution in [2.45, 2.75) is 6.92 Å². The summed E-state index contributed by atoms with van der Waals surface area (Å²) in [6.07, 6.45) is 0. The highest BCUT2D eigenvalue weighted by atomic mass is 127. The minimum absolute atomic E-state index is 0.0770. The Balaban J connectivity index is 3.31. The lowest BCUT2D eigenvalue weighted by atomic mass is 10.4. The zero-order chi connectivity index (χ0) is 9.30. The molecular weight excluding hydrogens is 269 g/mol. The van der Waals surface area contributed by atoms with Crippen molar-refractivity contribution in [3.05, 3.63) is 19.6 Å². The average Bonchev–Trinajstić information content (AvgIpc) is 1.99. The van der Waals surface area contributed by atoms with Gasteiger partial charge in [-0.05, 0) is 29.5 Å². The van der Waals surface area contributed by atoms with E-state index >= 15 is 0 Å². The van der Waals surface area contributed by atoms with Gasteiger partial charge in [-0.2, -0.15) is 0 Å². The van der Waals surface area contributed by atoms with Crippen molar-refractivity contribution < 1.29 is 0 Å². The fraction of sp³-hybridized carbons (Fsp3) is 0.429. The first-order chi connectivity index (χ1) is 5.52. The Labute approximate surface area is 84.1 Å².